The number of rotatable bonds is 2. The van der Waals surface area contributed by atoms with Crippen molar-refractivity contribution in [3.05, 3.63) is 108 Å². The van der Waals surface area contributed by atoms with Gasteiger partial charge in [-0.15, -0.1) is 0 Å². The minimum absolute atomic E-state index is 0.351. The van der Waals surface area contributed by atoms with Crippen molar-refractivity contribution in [2.24, 2.45) is 0 Å². The van der Waals surface area contributed by atoms with Gasteiger partial charge in [-0.2, -0.15) is 0 Å². The maximum absolute atomic E-state index is 15.2. The molecule has 0 unspecified atom stereocenters. The summed E-state index contributed by atoms with van der Waals surface area (Å²) in [6.07, 6.45) is 0. The van der Waals surface area contributed by atoms with Gasteiger partial charge in [0.15, 0.2) is 11.6 Å². The molecule has 0 atom stereocenters. The summed E-state index contributed by atoms with van der Waals surface area (Å²) in [5.41, 5.74) is 2.89. The van der Waals surface area contributed by atoms with Crippen LogP contribution < -0.4 is 0 Å². The van der Waals surface area contributed by atoms with Crippen LogP contribution in [0.4, 0.5) is 13.2 Å². The molecule has 0 amide bonds. The molecule has 0 aliphatic heterocycles. The lowest BCUT2D eigenvalue weighted by Gasteiger charge is -2.18. The van der Waals surface area contributed by atoms with Crippen molar-refractivity contribution in [1.29, 1.82) is 0 Å². The zero-order valence-corrected chi connectivity index (χ0v) is 15.3. The molecule has 0 radical (unpaired) electrons. The van der Waals surface area contributed by atoms with Crippen molar-refractivity contribution in [2.75, 3.05) is 0 Å². The Morgan fingerprint density at radius 3 is 1.79 bits per heavy atom. The van der Waals surface area contributed by atoms with Gasteiger partial charge < -0.3 is 0 Å². The lowest BCUT2D eigenvalue weighted by Crippen LogP contribution is -1.94. The fourth-order valence-electron chi connectivity index (χ4n) is 4.05. The molecule has 0 aromatic heterocycles. The molecule has 0 spiro atoms. The molecular formula is C26H15F3. The molecule has 3 heteroatoms. The second-order valence-corrected chi connectivity index (χ2v) is 6.95. The average Bonchev–Trinajstić information content (AvgIpc) is 2.75. The SMILES string of the molecule is Fc1ccc(-c2c3ccccc3c(-c3ccccc3)c3c(F)cccc23)cc1F. The smallest absolute Gasteiger partial charge is 0.159 e. The van der Waals surface area contributed by atoms with Crippen LogP contribution in [-0.4, -0.2) is 0 Å². The molecule has 5 aromatic rings. The van der Waals surface area contributed by atoms with Crippen LogP contribution in [-0.2, 0) is 0 Å². The van der Waals surface area contributed by atoms with Gasteiger partial charge in [-0.05, 0) is 51.0 Å². The molecule has 0 saturated heterocycles. The average molecular weight is 384 g/mol. The normalized spacial score (nSPS) is 11.3. The van der Waals surface area contributed by atoms with Gasteiger partial charge in [0.25, 0.3) is 0 Å². The summed E-state index contributed by atoms with van der Waals surface area (Å²) in [5, 5.41) is 2.84. The topological polar surface area (TPSA) is 0 Å². The second kappa shape index (κ2) is 6.78. The molecule has 0 saturated carbocycles. The third kappa shape index (κ3) is 2.78. The summed E-state index contributed by atoms with van der Waals surface area (Å²) in [6.45, 7) is 0. The van der Waals surface area contributed by atoms with Crippen LogP contribution in [0.5, 0.6) is 0 Å². The van der Waals surface area contributed by atoms with Gasteiger partial charge in [-0.1, -0.05) is 72.8 Å². The van der Waals surface area contributed by atoms with E-state index in [9.17, 15) is 8.78 Å². The van der Waals surface area contributed by atoms with Crippen LogP contribution >= 0.6 is 0 Å². The minimum atomic E-state index is -0.928. The Morgan fingerprint density at radius 1 is 0.414 bits per heavy atom. The van der Waals surface area contributed by atoms with Gasteiger partial charge in [-0.3, -0.25) is 0 Å². The highest BCUT2D eigenvalue weighted by Crippen LogP contribution is 2.44. The van der Waals surface area contributed by atoms with E-state index in [1.54, 1.807) is 6.07 Å². The lowest BCUT2D eigenvalue weighted by molar-refractivity contribution is 0.509. The number of fused-ring (bicyclic) bond motifs is 2. The highest BCUT2D eigenvalue weighted by molar-refractivity contribution is 6.21. The number of hydrogen-bond donors (Lipinski definition) is 0. The van der Waals surface area contributed by atoms with Crippen molar-refractivity contribution in [1.82, 2.24) is 0 Å². The number of hydrogen-bond acceptors (Lipinski definition) is 0. The fraction of sp³-hybridized carbons (Fsp3) is 0. The second-order valence-electron chi connectivity index (χ2n) is 6.95. The Labute approximate surface area is 165 Å². The van der Waals surface area contributed by atoms with Crippen LogP contribution in [0.1, 0.15) is 0 Å². The van der Waals surface area contributed by atoms with Crippen LogP contribution in [0.25, 0.3) is 43.8 Å². The third-order valence-electron chi connectivity index (χ3n) is 5.27. The quantitative estimate of drug-likeness (QED) is 0.273. The third-order valence-corrected chi connectivity index (χ3v) is 5.27. The molecule has 140 valence electrons. The predicted molar refractivity (Wildman–Crippen MR) is 112 cm³/mol. The van der Waals surface area contributed by atoms with Crippen LogP contribution in [0.15, 0.2) is 91.0 Å². The number of halogens is 3. The van der Waals surface area contributed by atoms with Crippen molar-refractivity contribution >= 4 is 21.5 Å². The van der Waals surface area contributed by atoms with E-state index >= 15 is 4.39 Å². The Balaban J connectivity index is 2.02. The Morgan fingerprint density at radius 2 is 1.07 bits per heavy atom. The first-order chi connectivity index (χ1) is 14.1. The van der Waals surface area contributed by atoms with Crippen molar-refractivity contribution in [2.45, 2.75) is 0 Å². The van der Waals surface area contributed by atoms with Gasteiger partial charge >= 0.3 is 0 Å². The summed E-state index contributed by atoms with van der Waals surface area (Å²) in [6, 6.07) is 26.0. The highest BCUT2D eigenvalue weighted by Gasteiger charge is 2.19. The summed E-state index contributed by atoms with van der Waals surface area (Å²) in [4.78, 5) is 0. The van der Waals surface area contributed by atoms with E-state index in [4.69, 9.17) is 0 Å². The van der Waals surface area contributed by atoms with E-state index in [0.717, 1.165) is 28.0 Å². The molecule has 0 fully saturated rings. The van der Waals surface area contributed by atoms with Gasteiger partial charge in [0.2, 0.25) is 0 Å². The summed E-state index contributed by atoms with van der Waals surface area (Å²) in [7, 11) is 0. The predicted octanol–water partition coefficient (Wildman–Crippen LogP) is 7.74. The van der Waals surface area contributed by atoms with Gasteiger partial charge in [0, 0.05) is 10.9 Å². The van der Waals surface area contributed by atoms with E-state index in [1.165, 1.54) is 18.2 Å². The Bertz CT molecular complexity index is 1370. The van der Waals surface area contributed by atoms with Crippen LogP contribution in [0, 0.1) is 17.5 Å². The molecule has 0 nitrogen and oxygen atoms in total. The van der Waals surface area contributed by atoms with Crippen molar-refractivity contribution in [3.8, 4) is 22.3 Å². The van der Waals surface area contributed by atoms with Crippen molar-refractivity contribution in [3.63, 3.8) is 0 Å². The summed E-state index contributed by atoms with van der Waals surface area (Å²) < 4.78 is 42.8. The fourth-order valence-corrected chi connectivity index (χ4v) is 4.05. The molecule has 0 heterocycles. The molecule has 5 rings (SSSR count). The maximum atomic E-state index is 15.2. The molecule has 0 aliphatic carbocycles. The monoisotopic (exact) mass is 384 g/mol. The van der Waals surface area contributed by atoms with Gasteiger partial charge in [-0.25, -0.2) is 13.2 Å². The molecule has 0 bridgehead atoms. The molecule has 0 N–H and O–H groups in total. The zero-order chi connectivity index (χ0) is 20.0. The summed E-state index contributed by atoms with van der Waals surface area (Å²) >= 11 is 0. The Hall–Kier alpha value is -3.59. The largest absolute Gasteiger partial charge is 0.206 e. The molecule has 5 aromatic carbocycles. The van der Waals surface area contributed by atoms with E-state index in [2.05, 4.69) is 0 Å². The lowest BCUT2D eigenvalue weighted by atomic mass is 9.86. The van der Waals surface area contributed by atoms with E-state index in [1.807, 2.05) is 60.7 Å². The van der Waals surface area contributed by atoms with Gasteiger partial charge in [0.05, 0.1) is 0 Å². The number of benzene rings is 5. The van der Waals surface area contributed by atoms with Crippen LogP contribution in [0.3, 0.4) is 0 Å². The van der Waals surface area contributed by atoms with E-state index in [0.29, 0.717) is 21.9 Å². The van der Waals surface area contributed by atoms with Crippen LogP contribution in [0.2, 0.25) is 0 Å². The first-order valence-electron chi connectivity index (χ1n) is 9.29. The first-order valence-corrected chi connectivity index (χ1v) is 9.29. The maximum Gasteiger partial charge on any atom is 0.159 e. The van der Waals surface area contributed by atoms with E-state index in [-0.39, 0.29) is 5.82 Å². The van der Waals surface area contributed by atoms with Gasteiger partial charge in [0.1, 0.15) is 5.82 Å². The van der Waals surface area contributed by atoms with Crippen molar-refractivity contribution < 1.29 is 13.2 Å². The Kier molecular flexibility index (Phi) is 4.09. The highest BCUT2D eigenvalue weighted by atomic mass is 19.2. The summed E-state index contributed by atoms with van der Waals surface area (Å²) in [5.74, 6) is -2.19. The molecular weight excluding hydrogens is 369 g/mol. The zero-order valence-electron chi connectivity index (χ0n) is 15.3. The molecule has 0 aliphatic rings. The molecule has 29 heavy (non-hydrogen) atoms. The standard InChI is InChI=1S/C26H15F3/c27-21-14-13-17(15-23(21)29)24-18-9-4-5-10-19(18)25(16-7-2-1-3-8-16)26-20(24)11-6-12-22(26)28/h1-15H. The minimum Gasteiger partial charge on any atom is -0.206 e. The first kappa shape index (κ1) is 17.5. The van der Waals surface area contributed by atoms with E-state index < -0.39 is 11.6 Å².